The van der Waals surface area contributed by atoms with Gasteiger partial charge in [0.15, 0.2) is 0 Å². The summed E-state index contributed by atoms with van der Waals surface area (Å²) in [6.07, 6.45) is 3.02. The summed E-state index contributed by atoms with van der Waals surface area (Å²) in [5.74, 6) is 0.463. The minimum atomic E-state index is -0.0366. The zero-order valence-corrected chi connectivity index (χ0v) is 13.4. The van der Waals surface area contributed by atoms with Crippen LogP contribution < -0.4 is 11.1 Å². The summed E-state index contributed by atoms with van der Waals surface area (Å²) in [6, 6.07) is 19.8. The van der Waals surface area contributed by atoms with Crippen LogP contribution in [0.15, 0.2) is 76.8 Å². The Morgan fingerprint density at radius 1 is 1.08 bits per heavy atom. The second-order valence-electron chi connectivity index (χ2n) is 5.32. The highest BCUT2D eigenvalue weighted by Crippen LogP contribution is 2.22. The van der Waals surface area contributed by atoms with Gasteiger partial charge in [-0.15, -0.1) is 0 Å². The minimum absolute atomic E-state index is 0.0366. The van der Waals surface area contributed by atoms with Crippen molar-refractivity contribution in [2.24, 2.45) is 15.7 Å². The maximum atomic E-state index is 5.49. The predicted molar refractivity (Wildman–Crippen MR) is 100 cm³/mol. The number of nitrogens with one attached hydrogen (secondary N) is 1. The van der Waals surface area contributed by atoms with E-state index in [1.165, 1.54) is 6.34 Å². The van der Waals surface area contributed by atoms with Gasteiger partial charge in [-0.3, -0.25) is 4.98 Å². The van der Waals surface area contributed by atoms with E-state index < -0.39 is 0 Å². The van der Waals surface area contributed by atoms with Gasteiger partial charge in [0, 0.05) is 11.6 Å². The predicted octanol–water partition coefficient (Wildman–Crippen LogP) is 3.75. The maximum absolute atomic E-state index is 5.49. The highest BCUT2D eigenvalue weighted by molar-refractivity contribution is 6.04. The molecule has 120 valence electrons. The van der Waals surface area contributed by atoms with Gasteiger partial charge in [-0.05, 0) is 36.8 Å². The van der Waals surface area contributed by atoms with Crippen LogP contribution in [0.4, 0.5) is 5.69 Å². The number of fused-ring (bicyclic) bond motifs is 1. The van der Waals surface area contributed by atoms with E-state index >= 15 is 0 Å². The van der Waals surface area contributed by atoms with E-state index in [0.29, 0.717) is 5.96 Å². The van der Waals surface area contributed by atoms with E-state index in [9.17, 15) is 0 Å². The van der Waals surface area contributed by atoms with Gasteiger partial charge < -0.3 is 11.1 Å². The number of aliphatic imine (C=N–C) groups is 2. The molecule has 0 unspecified atom stereocenters. The summed E-state index contributed by atoms with van der Waals surface area (Å²) in [5.41, 5.74) is 8.41. The fraction of sp³-hybridized carbons (Fsp3) is 0.105. The van der Waals surface area contributed by atoms with Crippen LogP contribution in [0.1, 0.15) is 18.5 Å². The van der Waals surface area contributed by atoms with Crippen molar-refractivity contribution in [2.75, 3.05) is 5.32 Å². The minimum Gasteiger partial charge on any atom is -0.390 e. The lowest BCUT2D eigenvalue weighted by molar-refractivity contribution is 0.818. The third-order valence-corrected chi connectivity index (χ3v) is 3.69. The molecule has 3 rings (SSSR count). The maximum Gasteiger partial charge on any atom is 0.224 e. The van der Waals surface area contributed by atoms with Gasteiger partial charge in [0.25, 0.3) is 0 Å². The van der Waals surface area contributed by atoms with Crippen LogP contribution in [0, 0.1) is 0 Å². The van der Waals surface area contributed by atoms with Crippen LogP contribution in [0.3, 0.4) is 0 Å². The summed E-state index contributed by atoms with van der Waals surface area (Å²) in [6.45, 7) is 2.02. The molecule has 0 radical (unpaired) electrons. The molecule has 1 heterocycles. The molecule has 0 spiro atoms. The van der Waals surface area contributed by atoms with E-state index in [2.05, 4.69) is 20.3 Å². The largest absolute Gasteiger partial charge is 0.390 e. The zero-order valence-electron chi connectivity index (χ0n) is 13.4. The van der Waals surface area contributed by atoms with E-state index in [0.717, 1.165) is 22.2 Å². The van der Waals surface area contributed by atoms with E-state index in [-0.39, 0.29) is 6.04 Å². The van der Waals surface area contributed by atoms with E-state index in [1.807, 2.05) is 67.6 Å². The number of hydrogen-bond acceptors (Lipinski definition) is 2. The number of benzene rings is 2. The normalized spacial score (nSPS) is 13.3. The first-order valence-electron chi connectivity index (χ1n) is 7.75. The number of aromatic nitrogens is 1. The summed E-state index contributed by atoms with van der Waals surface area (Å²) < 4.78 is 0. The van der Waals surface area contributed by atoms with Gasteiger partial charge in [0.1, 0.15) is 0 Å². The molecular formula is C19H19N5. The molecule has 1 atom stereocenters. The standard InChI is InChI=1S/C19H19N5/c1-14(15-7-3-2-4-8-15)23-19(22-13-20)24-18-11-5-10-17-16(18)9-6-12-21-17/h2-14H,1H3,(H3,20,22,23,24)/t14-/m1/s1. The lowest BCUT2D eigenvalue weighted by Gasteiger charge is -2.12. The monoisotopic (exact) mass is 317 g/mol. The van der Waals surface area contributed by atoms with Crippen LogP contribution >= 0.6 is 0 Å². The number of hydrogen-bond donors (Lipinski definition) is 2. The molecule has 0 aliphatic rings. The van der Waals surface area contributed by atoms with Crippen molar-refractivity contribution in [3.8, 4) is 0 Å². The quantitative estimate of drug-likeness (QED) is 0.570. The summed E-state index contributed by atoms with van der Waals surface area (Å²) in [5, 5.41) is 4.26. The highest BCUT2D eigenvalue weighted by Gasteiger charge is 2.07. The van der Waals surface area contributed by atoms with Crippen molar-refractivity contribution < 1.29 is 0 Å². The molecule has 0 amide bonds. The van der Waals surface area contributed by atoms with Gasteiger partial charge in [-0.1, -0.05) is 36.4 Å². The molecule has 0 aliphatic heterocycles. The third-order valence-electron chi connectivity index (χ3n) is 3.69. The Kier molecular flexibility index (Phi) is 4.81. The van der Waals surface area contributed by atoms with Crippen molar-refractivity contribution in [1.29, 1.82) is 0 Å². The van der Waals surface area contributed by atoms with Crippen molar-refractivity contribution >= 4 is 28.9 Å². The van der Waals surface area contributed by atoms with Gasteiger partial charge >= 0.3 is 0 Å². The molecule has 0 fully saturated rings. The van der Waals surface area contributed by atoms with Gasteiger partial charge in [0.05, 0.1) is 23.6 Å². The van der Waals surface area contributed by atoms with Gasteiger partial charge in [0.2, 0.25) is 5.96 Å². The number of anilines is 1. The molecule has 3 aromatic rings. The van der Waals surface area contributed by atoms with Crippen LogP contribution in [0.5, 0.6) is 0 Å². The fourth-order valence-electron chi connectivity index (χ4n) is 2.49. The summed E-state index contributed by atoms with van der Waals surface area (Å²) in [4.78, 5) is 13.2. The second kappa shape index (κ2) is 7.37. The average Bonchev–Trinajstić information content (AvgIpc) is 2.63. The van der Waals surface area contributed by atoms with E-state index in [4.69, 9.17) is 5.73 Å². The molecule has 24 heavy (non-hydrogen) atoms. The lowest BCUT2D eigenvalue weighted by atomic mass is 10.1. The highest BCUT2D eigenvalue weighted by atomic mass is 15.1. The first-order chi connectivity index (χ1) is 11.8. The fourth-order valence-corrected chi connectivity index (χ4v) is 2.49. The Morgan fingerprint density at radius 3 is 2.71 bits per heavy atom. The Bertz CT molecular complexity index is 866. The smallest absolute Gasteiger partial charge is 0.224 e. The number of pyridine rings is 1. The van der Waals surface area contributed by atoms with Gasteiger partial charge in [-0.25, -0.2) is 9.98 Å². The number of nitrogens with two attached hydrogens (primary N) is 1. The lowest BCUT2D eigenvalue weighted by Crippen LogP contribution is -2.13. The van der Waals surface area contributed by atoms with Crippen molar-refractivity contribution in [1.82, 2.24) is 4.98 Å². The Morgan fingerprint density at radius 2 is 1.92 bits per heavy atom. The van der Waals surface area contributed by atoms with Crippen LogP contribution in [-0.2, 0) is 0 Å². The molecule has 5 heteroatoms. The number of rotatable bonds is 3. The first kappa shape index (κ1) is 15.7. The first-order valence-corrected chi connectivity index (χ1v) is 7.75. The third kappa shape index (κ3) is 3.57. The molecule has 1 aromatic heterocycles. The molecule has 5 nitrogen and oxygen atoms in total. The van der Waals surface area contributed by atoms with E-state index in [1.54, 1.807) is 6.20 Å². The molecule has 0 aliphatic carbocycles. The molecule has 3 N–H and O–H groups in total. The molecular weight excluding hydrogens is 298 g/mol. The zero-order chi connectivity index (χ0) is 16.8. The van der Waals surface area contributed by atoms with Crippen LogP contribution in [-0.4, -0.2) is 17.3 Å². The van der Waals surface area contributed by atoms with Crippen molar-refractivity contribution in [2.45, 2.75) is 13.0 Å². The molecule has 2 aromatic carbocycles. The molecule has 0 saturated carbocycles. The number of nitrogens with zero attached hydrogens (tertiary/aromatic N) is 3. The van der Waals surface area contributed by atoms with Crippen molar-refractivity contribution in [3.63, 3.8) is 0 Å². The van der Waals surface area contributed by atoms with Crippen molar-refractivity contribution in [3.05, 3.63) is 72.4 Å². The molecule has 0 bridgehead atoms. The Balaban J connectivity index is 1.92. The summed E-state index contributed by atoms with van der Waals surface area (Å²) in [7, 11) is 0. The number of guanidine groups is 1. The average molecular weight is 317 g/mol. The van der Waals surface area contributed by atoms with Crippen LogP contribution in [0.25, 0.3) is 10.9 Å². The SMILES string of the molecule is C[C@@H](N=C(N=CN)Nc1cccc2ncccc12)c1ccccc1. The van der Waals surface area contributed by atoms with Crippen LogP contribution in [0.2, 0.25) is 0 Å². The summed E-state index contributed by atoms with van der Waals surface area (Å²) >= 11 is 0. The molecule has 0 saturated heterocycles. The second-order valence-corrected chi connectivity index (χ2v) is 5.32. The Labute approximate surface area is 141 Å². The van der Waals surface area contributed by atoms with Gasteiger partial charge in [-0.2, -0.15) is 0 Å². The Hall–Kier alpha value is -3.21. The topological polar surface area (TPSA) is 75.7 Å².